The summed E-state index contributed by atoms with van der Waals surface area (Å²) in [6.07, 6.45) is 3.14. The Morgan fingerprint density at radius 3 is 2.61 bits per heavy atom. The molecule has 0 saturated carbocycles. The highest BCUT2D eigenvalue weighted by Crippen LogP contribution is 2.19. The van der Waals surface area contributed by atoms with Crippen LogP contribution in [0.1, 0.15) is 34.1 Å². The van der Waals surface area contributed by atoms with Gasteiger partial charge in [-0.3, -0.25) is 9.78 Å². The molecule has 0 aliphatic heterocycles. The summed E-state index contributed by atoms with van der Waals surface area (Å²) in [5.74, 6) is 0.391. The van der Waals surface area contributed by atoms with Gasteiger partial charge in [-0.05, 0) is 34.1 Å². The van der Waals surface area contributed by atoms with Crippen molar-refractivity contribution in [2.45, 2.75) is 45.7 Å². The van der Waals surface area contributed by atoms with E-state index in [4.69, 9.17) is 0 Å². The topological polar surface area (TPSA) is 110 Å². The average molecular weight is 341 g/mol. The molecule has 23 heavy (non-hydrogen) atoms. The Morgan fingerprint density at radius 1 is 1.39 bits per heavy atom. The molecule has 2 N–H and O–H groups in total. The molecule has 0 aromatic carbocycles. The molecular weight excluding hydrogens is 318 g/mol. The lowest BCUT2D eigenvalue weighted by atomic mass is 10.1. The monoisotopic (exact) mass is 341 g/mol. The Morgan fingerprint density at radius 2 is 2.04 bits per heavy atom. The molecule has 0 saturated heterocycles. The molecular formula is C14H23N5O3S. The summed E-state index contributed by atoms with van der Waals surface area (Å²) < 4.78 is 24.1. The summed E-state index contributed by atoms with van der Waals surface area (Å²) in [6, 6.07) is -0.142. The second-order valence-electron chi connectivity index (χ2n) is 6.84. The van der Waals surface area contributed by atoms with Gasteiger partial charge in [0.2, 0.25) is 5.95 Å². The minimum atomic E-state index is -3.02. The molecule has 0 aliphatic rings. The van der Waals surface area contributed by atoms with Crippen LogP contribution in [-0.2, 0) is 15.4 Å². The van der Waals surface area contributed by atoms with E-state index in [0.29, 0.717) is 23.4 Å². The van der Waals surface area contributed by atoms with Crippen molar-refractivity contribution < 1.29 is 8.42 Å². The summed E-state index contributed by atoms with van der Waals surface area (Å²) in [6.45, 7) is 7.77. The first-order chi connectivity index (χ1) is 10.5. The number of aromatic nitrogens is 4. The number of H-pyrrole nitrogens is 1. The van der Waals surface area contributed by atoms with E-state index in [-0.39, 0.29) is 22.9 Å². The Bertz CT molecular complexity index is 861. The first-order valence-electron chi connectivity index (χ1n) is 7.40. The average Bonchev–Trinajstić information content (AvgIpc) is 2.79. The molecule has 0 bridgehead atoms. The van der Waals surface area contributed by atoms with Crippen LogP contribution in [0.15, 0.2) is 11.0 Å². The van der Waals surface area contributed by atoms with Crippen LogP contribution in [0.4, 0.5) is 5.95 Å². The Labute approximate surface area is 135 Å². The third-order valence-electron chi connectivity index (χ3n) is 3.38. The number of nitrogens with zero attached hydrogens (tertiary/aromatic N) is 3. The maximum atomic E-state index is 12.2. The van der Waals surface area contributed by atoms with Crippen LogP contribution >= 0.6 is 0 Å². The van der Waals surface area contributed by atoms with Gasteiger partial charge in [-0.25, -0.2) is 13.1 Å². The Hall–Kier alpha value is -1.90. The third-order valence-corrected chi connectivity index (χ3v) is 4.36. The zero-order valence-corrected chi connectivity index (χ0v) is 14.9. The molecule has 1 atom stereocenters. The van der Waals surface area contributed by atoms with Crippen LogP contribution in [0.5, 0.6) is 0 Å². The van der Waals surface area contributed by atoms with Crippen molar-refractivity contribution in [3.63, 3.8) is 0 Å². The fourth-order valence-electron chi connectivity index (χ4n) is 2.17. The van der Waals surface area contributed by atoms with Gasteiger partial charge in [-0.2, -0.15) is 10.1 Å². The van der Waals surface area contributed by atoms with E-state index in [1.165, 1.54) is 12.5 Å². The van der Waals surface area contributed by atoms with Gasteiger partial charge in [0.25, 0.3) is 5.56 Å². The number of fused-ring (bicyclic) bond motifs is 1. The van der Waals surface area contributed by atoms with Crippen LogP contribution < -0.4 is 10.9 Å². The van der Waals surface area contributed by atoms with Crippen molar-refractivity contribution in [1.82, 2.24) is 19.7 Å². The predicted octanol–water partition coefficient (Wildman–Crippen LogP) is 1.11. The normalized spacial score (nSPS) is 14.1. The zero-order valence-electron chi connectivity index (χ0n) is 14.0. The molecule has 0 spiro atoms. The fourth-order valence-corrected chi connectivity index (χ4v) is 2.96. The second-order valence-corrected chi connectivity index (χ2v) is 9.10. The van der Waals surface area contributed by atoms with Gasteiger partial charge in [-0.1, -0.05) is 0 Å². The number of rotatable bonds is 5. The van der Waals surface area contributed by atoms with Gasteiger partial charge in [0, 0.05) is 12.3 Å². The van der Waals surface area contributed by atoms with E-state index < -0.39 is 9.84 Å². The molecule has 0 radical (unpaired) electrons. The highest BCUT2D eigenvalue weighted by molar-refractivity contribution is 7.90. The number of anilines is 1. The second kappa shape index (κ2) is 5.95. The quantitative estimate of drug-likeness (QED) is 0.843. The molecule has 9 heteroatoms. The van der Waals surface area contributed by atoms with E-state index in [0.717, 1.165) is 0 Å². The predicted molar refractivity (Wildman–Crippen MR) is 90.6 cm³/mol. The number of hydrogen-bond acceptors (Lipinski definition) is 6. The third kappa shape index (κ3) is 4.31. The standard InChI is InChI=1S/C14H23N5O3S/c1-9(6-7-23(5,21)22)16-13-17-11-10(12(20)18-13)8-15-19(11)14(2,3)4/h8-9H,6-7H2,1-5H3,(H2,16,17,18,20). The summed E-state index contributed by atoms with van der Waals surface area (Å²) in [7, 11) is -3.02. The highest BCUT2D eigenvalue weighted by atomic mass is 32.2. The summed E-state index contributed by atoms with van der Waals surface area (Å²) in [5, 5.41) is 7.71. The smallest absolute Gasteiger partial charge is 0.263 e. The van der Waals surface area contributed by atoms with E-state index in [1.807, 2.05) is 27.7 Å². The van der Waals surface area contributed by atoms with E-state index in [9.17, 15) is 13.2 Å². The number of nitrogens with one attached hydrogen (secondary N) is 2. The van der Waals surface area contributed by atoms with Crippen molar-refractivity contribution in [3.05, 3.63) is 16.6 Å². The van der Waals surface area contributed by atoms with Gasteiger partial charge in [0.1, 0.15) is 15.2 Å². The minimum absolute atomic E-state index is 0.0770. The molecule has 1 unspecified atom stereocenters. The molecule has 0 amide bonds. The SMILES string of the molecule is CC(CCS(C)(=O)=O)Nc1nc2c(cnn2C(C)(C)C)c(=O)[nH]1. The summed E-state index contributed by atoms with van der Waals surface area (Å²) >= 11 is 0. The van der Waals surface area contributed by atoms with Gasteiger partial charge in [0.05, 0.1) is 17.5 Å². The first kappa shape index (κ1) is 17.5. The summed E-state index contributed by atoms with van der Waals surface area (Å²) in [5.41, 5.74) is -0.0794. The van der Waals surface area contributed by atoms with E-state index >= 15 is 0 Å². The molecule has 0 fully saturated rings. The van der Waals surface area contributed by atoms with Crippen LogP contribution in [0.2, 0.25) is 0 Å². The summed E-state index contributed by atoms with van der Waals surface area (Å²) in [4.78, 5) is 19.2. The maximum Gasteiger partial charge on any atom is 0.263 e. The van der Waals surface area contributed by atoms with Gasteiger partial charge in [0.15, 0.2) is 5.65 Å². The van der Waals surface area contributed by atoms with Gasteiger partial charge >= 0.3 is 0 Å². The lowest BCUT2D eigenvalue weighted by Gasteiger charge is -2.20. The lowest BCUT2D eigenvalue weighted by Crippen LogP contribution is -2.26. The van der Waals surface area contributed by atoms with E-state index in [2.05, 4.69) is 20.4 Å². The Kier molecular flexibility index (Phi) is 4.52. The van der Waals surface area contributed by atoms with E-state index in [1.54, 1.807) is 4.68 Å². The molecule has 0 aliphatic carbocycles. The number of hydrogen-bond donors (Lipinski definition) is 2. The molecule has 2 heterocycles. The van der Waals surface area contributed by atoms with Crippen LogP contribution in [0.3, 0.4) is 0 Å². The fraction of sp³-hybridized carbons (Fsp3) is 0.643. The molecule has 128 valence electrons. The lowest BCUT2D eigenvalue weighted by molar-refractivity contribution is 0.366. The first-order valence-corrected chi connectivity index (χ1v) is 9.46. The van der Waals surface area contributed by atoms with Crippen LogP contribution in [0.25, 0.3) is 11.0 Å². The van der Waals surface area contributed by atoms with Crippen LogP contribution in [0, 0.1) is 0 Å². The molecule has 2 rings (SSSR count). The molecule has 2 aromatic rings. The van der Waals surface area contributed by atoms with Crippen molar-refractivity contribution in [2.24, 2.45) is 0 Å². The number of sulfone groups is 1. The largest absolute Gasteiger partial charge is 0.353 e. The minimum Gasteiger partial charge on any atom is -0.353 e. The maximum absolute atomic E-state index is 12.2. The van der Waals surface area contributed by atoms with Crippen LogP contribution in [-0.4, -0.2) is 46.2 Å². The highest BCUT2D eigenvalue weighted by Gasteiger charge is 2.20. The zero-order chi connectivity index (χ0) is 17.4. The van der Waals surface area contributed by atoms with Crippen molar-refractivity contribution in [2.75, 3.05) is 17.3 Å². The number of aromatic amines is 1. The van der Waals surface area contributed by atoms with Crippen molar-refractivity contribution in [3.8, 4) is 0 Å². The van der Waals surface area contributed by atoms with Crippen molar-refractivity contribution in [1.29, 1.82) is 0 Å². The molecule has 8 nitrogen and oxygen atoms in total. The molecule has 2 aromatic heterocycles. The Balaban J connectivity index is 2.30. The van der Waals surface area contributed by atoms with Gasteiger partial charge < -0.3 is 5.32 Å². The van der Waals surface area contributed by atoms with Gasteiger partial charge in [-0.15, -0.1) is 0 Å². The van der Waals surface area contributed by atoms with Crippen molar-refractivity contribution >= 4 is 26.8 Å².